The van der Waals surface area contributed by atoms with Crippen LogP contribution in [0, 0.1) is 0 Å². The predicted molar refractivity (Wildman–Crippen MR) is 80.2 cm³/mol. The van der Waals surface area contributed by atoms with Gasteiger partial charge in [0.15, 0.2) is 6.10 Å². The van der Waals surface area contributed by atoms with Crippen molar-refractivity contribution in [1.29, 1.82) is 0 Å². The summed E-state index contributed by atoms with van der Waals surface area (Å²) < 4.78 is 5.68. The van der Waals surface area contributed by atoms with Crippen LogP contribution in [-0.2, 0) is 4.79 Å². The fourth-order valence-corrected chi connectivity index (χ4v) is 2.56. The molecule has 2 rings (SSSR count). The van der Waals surface area contributed by atoms with Crippen LogP contribution in [0.25, 0.3) is 0 Å². The number of piperazine rings is 1. The van der Waals surface area contributed by atoms with Crippen molar-refractivity contribution in [3.05, 3.63) is 29.3 Å². The summed E-state index contributed by atoms with van der Waals surface area (Å²) in [4.78, 5) is 14.3. The van der Waals surface area contributed by atoms with Crippen LogP contribution in [0.1, 0.15) is 20.8 Å². The number of carbonyl (C=O) groups excluding carboxylic acids is 1. The molecule has 20 heavy (non-hydrogen) atoms. The number of rotatable bonds is 3. The molecular formula is C15H21ClN2O2. The molecule has 1 aliphatic heterocycles. The lowest BCUT2D eigenvalue weighted by molar-refractivity contribution is -0.140. The van der Waals surface area contributed by atoms with Crippen molar-refractivity contribution in [2.45, 2.75) is 32.4 Å². The van der Waals surface area contributed by atoms with E-state index in [2.05, 4.69) is 19.2 Å². The first kappa shape index (κ1) is 15.1. The fraction of sp³-hybridized carbons (Fsp3) is 0.533. The molecule has 1 N–H and O–H groups in total. The molecule has 0 bridgehead atoms. The number of halogens is 1. The van der Waals surface area contributed by atoms with Crippen LogP contribution in [0.2, 0.25) is 5.02 Å². The number of benzene rings is 1. The highest BCUT2D eigenvalue weighted by Crippen LogP contribution is 2.19. The molecule has 1 saturated heterocycles. The molecule has 0 aromatic heterocycles. The van der Waals surface area contributed by atoms with E-state index in [1.165, 1.54) is 0 Å². The maximum atomic E-state index is 12.4. The number of hydrogen-bond acceptors (Lipinski definition) is 3. The lowest BCUT2D eigenvalue weighted by Crippen LogP contribution is -2.60. The summed E-state index contributed by atoms with van der Waals surface area (Å²) >= 11 is 5.91. The van der Waals surface area contributed by atoms with Gasteiger partial charge in [-0.2, -0.15) is 0 Å². The average Bonchev–Trinajstić information content (AvgIpc) is 2.36. The van der Waals surface area contributed by atoms with Crippen LogP contribution in [-0.4, -0.2) is 42.1 Å². The maximum Gasteiger partial charge on any atom is 0.263 e. The van der Waals surface area contributed by atoms with Gasteiger partial charge in [-0.15, -0.1) is 0 Å². The second kappa shape index (κ2) is 6.02. The van der Waals surface area contributed by atoms with Gasteiger partial charge in [0.1, 0.15) is 5.75 Å². The topological polar surface area (TPSA) is 41.6 Å². The summed E-state index contributed by atoms with van der Waals surface area (Å²) in [6.45, 7) is 8.17. The smallest absolute Gasteiger partial charge is 0.263 e. The van der Waals surface area contributed by atoms with E-state index in [1.807, 2.05) is 11.0 Å². The van der Waals surface area contributed by atoms with Crippen LogP contribution in [0.5, 0.6) is 5.75 Å². The van der Waals surface area contributed by atoms with Gasteiger partial charge >= 0.3 is 0 Å². The number of amides is 1. The van der Waals surface area contributed by atoms with Crippen LogP contribution in [0.3, 0.4) is 0 Å². The van der Waals surface area contributed by atoms with E-state index < -0.39 is 6.10 Å². The van der Waals surface area contributed by atoms with Crippen LogP contribution < -0.4 is 10.1 Å². The second-order valence-corrected chi connectivity index (χ2v) is 6.22. The molecule has 0 radical (unpaired) electrons. The molecule has 1 amide bonds. The molecule has 4 nitrogen and oxygen atoms in total. The third-order valence-electron chi connectivity index (χ3n) is 3.34. The molecule has 1 aromatic carbocycles. The van der Waals surface area contributed by atoms with Gasteiger partial charge in [0.05, 0.1) is 0 Å². The minimum Gasteiger partial charge on any atom is -0.481 e. The van der Waals surface area contributed by atoms with Gasteiger partial charge in [-0.25, -0.2) is 0 Å². The van der Waals surface area contributed by atoms with Crippen molar-refractivity contribution in [1.82, 2.24) is 10.2 Å². The molecule has 0 saturated carbocycles. The Morgan fingerprint density at radius 1 is 1.50 bits per heavy atom. The SMILES string of the molecule is CC(Oc1cccc(Cl)c1)C(=O)N1CCNC(C)(C)C1. The number of ether oxygens (including phenoxy) is 1. The zero-order valence-electron chi connectivity index (χ0n) is 12.1. The van der Waals surface area contributed by atoms with Crippen molar-refractivity contribution < 1.29 is 9.53 Å². The third-order valence-corrected chi connectivity index (χ3v) is 3.57. The summed E-state index contributed by atoms with van der Waals surface area (Å²) in [5, 5.41) is 3.99. The molecule has 1 aromatic rings. The molecule has 0 spiro atoms. The van der Waals surface area contributed by atoms with Gasteiger partial charge in [0.2, 0.25) is 0 Å². The largest absolute Gasteiger partial charge is 0.481 e. The quantitative estimate of drug-likeness (QED) is 0.931. The van der Waals surface area contributed by atoms with Crippen molar-refractivity contribution in [3.8, 4) is 5.75 Å². The van der Waals surface area contributed by atoms with E-state index >= 15 is 0 Å². The number of hydrogen-bond donors (Lipinski definition) is 1. The Labute approximate surface area is 125 Å². The molecule has 1 atom stereocenters. The summed E-state index contributed by atoms with van der Waals surface area (Å²) in [5.41, 5.74) is -0.0519. The van der Waals surface area contributed by atoms with Gasteiger partial charge in [-0.1, -0.05) is 17.7 Å². The van der Waals surface area contributed by atoms with Gasteiger partial charge in [0.25, 0.3) is 5.91 Å². The Balaban J connectivity index is 1.98. The van der Waals surface area contributed by atoms with Gasteiger partial charge < -0.3 is 15.0 Å². The monoisotopic (exact) mass is 296 g/mol. The highest BCUT2D eigenvalue weighted by Gasteiger charge is 2.31. The van der Waals surface area contributed by atoms with Gasteiger partial charge in [-0.3, -0.25) is 4.79 Å². The van der Waals surface area contributed by atoms with E-state index in [9.17, 15) is 4.79 Å². The first-order valence-electron chi connectivity index (χ1n) is 6.83. The second-order valence-electron chi connectivity index (χ2n) is 5.79. The molecule has 110 valence electrons. The van der Waals surface area contributed by atoms with E-state index in [-0.39, 0.29) is 11.4 Å². The normalized spacial score (nSPS) is 19.5. The zero-order valence-corrected chi connectivity index (χ0v) is 12.9. The van der Waals surface area contributed by atoms with E-state index in [0.29, 0.717) is 23.9 Å². The van der Waals surface area contributed by atoms with E-state index in [0.717, 1.165) is 6.54 Å². The maximum absolute atomic E-state index is 12.4. The predicted octanol–water partition coefficient (Wildman–Crippen LogP) is 2.32. The molecule has 1 heterocycles. The third kappa shape index (κ3) is 3.87. The Kier molecular flexibility index (Phi) is 4.55. The Hall–Kier alpha value is -1.26. The molecular weight excluding hydrogens is 276 g/mol. The first-order chi connectivity index (χ1) is 9.37. The van der Waals surface area contributed by atoms with Crippen LogP contribution in [0.4, 0.5) is 0 Å². The molecule has 5 heteroatoms. The van der Waals surface area contributed by atoms with Crippen molar-refractivity contribution in [3.63, 3.8) is 0 Å². The van der Waals surface area contributed by atoms with Crippen molar-refractivity contribution in [2.24, 2.45) is 0 Å². The fourth-order valence-electron chi connectivity index (χ4n) is 2.38. The summed E-state index contributed by atoms with van der Waals surface area (Å²) in [6, 6.07) is 7.10. The van der Waals surface area contributed by atoms with E-state index in [4.69, 9.17) is 16.3 Å². The summed E-state index contributed by atoms with van der Waals surface area (Å²) in [5.74, 6) is 0.632. The van der Waals surface area contributed by atoms with Gasteiger partial charge in [-0.05, 0) is 39.0 Å². The Morgan fingerprint density at radius 3 is 2.90 bits per heavy atom. The number of carbonyl (C=O) groups is 1. The minimum absolute atomic E-state index is 0.0135. The van der Waals surface area contributed by atoms with Crippen LogP contribution >= 0.6 is 11.6 Å². The van der Waals surface area contributed by atoms with Crippen LogP contribution in [0.15, 0.2) is 24.3 Å². The van der Waals surface area contributed by atoms with Crippen molar-refractivity contribution in [2.75, 3.05) is 19.6 Å². The average molecular weight is 297 g/mol. The number of nitrogens with zero attached hydrogens (tertiary/aromatic N) is 1. The summed E-state index contributed by atoms with van der Waals surface area (Å²) in [6.07, 6.45) is -0.512. The van der Waals surface area contributed by atoms with Crippen molar-refractivity contribution >= 4 is 17.5 Å². The first-order valence-corrected chi connectivity index (χ1v) is 7.21. The molecule has 1 unspecified atom stereocenters. The van der Waals surface area contributed by atoms with E-state index in [1.54, 1.807) is 25.1 Å². The summed E-state index contributed by atoms with van der Waals surface area (Å²) in [7, 11) is 0. The minimum atomic E-state index is -0.512. The highest BCUT2D eigenvalue weighted by atomic mass is 35.5. The lowest BCUT2D eigenvalue weighted by Gasteiger charge is -2.40. The standard InChI is InChI=1S/C15H21ClN2O2/c1-11(20-13-6-4-5-12(16)9-13)14(19)18-8-7-17-15(2,3)10-18/h4-6,9,11,17H,7-8,10H2,1-3H3. The molecule has 1 fully saturated rings. The zero-order chi connectivity index (χ0) is 14.8. The number of nitrogens with one attached hydrogen (secondary N) is 1. The highest BCUT2D eigenvalue weighted by molar-refractivity contribution is 6.30. The Morgan fingerprint density at radius 2 is 2.25 bits per heavy atom. The van der Waals surface area contributed by atoms with Gasteiger partial charge in [0, 0.05) is 30.2 Å². The lowest BCUT2D eigenvalue weighted by atomic mass is 10.0. The molecule has 0 aliphatic carbocycles. The Bertz CT molecular complexity index is 491. The molecule has 1 aliphatic rings.